The van der Waals surface area contributed by atoms with Gasteiger partial charge < -0.3 is 9.47 Å². The fraction of sp³-hybridized carbons (Fsp3) is 0.700. The number of rotatable bonds is 5. The highest BCUT2D eigenvalue weighted by molar-refractivity contribution is 7.86. The molecule has 3 atom stereocenters. The maximum Gasteiger partial charge on any atom is 0.296 e. The molecular weight excluding hydrogens is 352 g/mol. The molecule has 4 rings (SSSR count). The number of ether oxygens (including phenoxy) is 2. The normalized spacial score (nSPS) is 35.2. The molecule has 1 heterocycles. The number of benzene rings is 1. The van der Waals surface area contributed by atoms with Crippen LogP contribution in [0, 0.1) is 29.6 Å². The van der Waals surface area contributed by atoms with Crippen LogP contribution in [0.5, 0.6) is 0 Å². The van der Waals surface area contributed by atoms with E-state index in [9.17, 15) is 8.42 Å². The van der Waals surface area contributed by atoms with E-state index in [-0.39, 0.29) is 16.9 Å². The van der Waals surface area contributed by atoms with Gasteiger partial charge >= 0.3 is 0 Å². The van der Waals surface area contributed by atoms with Crippen molar-refractivity contribution in [2.45, 2.75) is 51.2 Å². The second-order valence-corrected chi connectivity index (χ2v) is 10.3. The Labute approximate surface area is 156 Å². The van der Waals surface area contributed by atoms with Gasteiger partial charge in [-0.15, -0.1) is 0 Å². The molecule has 0 unspecified atom stereocenters. The third kappa shape index (κ3) is 2.49. The predicted octanol–water partition coefficient (Wildman–Crippen LogP) is 3.52. The van der Waals surface area contributed by atoms with Crippen molar-refractivity contribution in [3.63, 3.8) is 0 Å². The highest BCUT2D eigenvalue weighted by Gasteiger charge is 2.79. The van der Waals surface area contributed by atoms with Gasteiger partial charge in [0.05, 0.1) is 24.7 Å². The molecule has 0 aromatic heterocycles. The van der Waals surface area contributed by atoms with E-state index in [1.165, 1.54) is 0 Å². The van der Waals surface area contributed by atoms with E-state index >= 15 is 0 Å². The summed E-state index contributed by atoms with van der Waals surface area (Å²) in [6, 6.07) is 6.75. The van der Waals surface area contributed by atoms with E-state index in [0.717, 1.165) is 18.4 Å². The molecule has 1 spiro atoms. The first kappa shape index (κ1) is 18.4. The van der Waals surface area contributed by atoms with Crippen molar-refractivity contribution in [2.24, 2.45) is 22.7 Å². The van der Waals surface area contributed by atoms with Crippen LogP contribution in [0.1, 0.15) is 39.2 Å². The van der Waals surface area contributed by atoms with E-state index in [4.69, 9.17) is 13.7 Å². The average Bonchev–Trinajstić information content (AvgIpc) is 3.06. The van der Waals surface area contributed by atoms with Gasteiger partial charge in [-0.25, -0.2) is 0 Å². The monoisotopic (exact) mass is 380 g/mol. The zero-order chi connectivity index (χ0) is 18.8. The summed E-state index contributed by atoms with van der Waals surface area (Å²) in [7, 11) is -3.80. The fourth-order valence-electron chi connectivity index (χ4n) is 5.19. The predicted molar refractivity (Wildman–Crippen MR) is 97.1 cm³/mol. The van der Waals surface area contributed by atoms with E-state index in [1.807, 2.05) is 6.92 Å². The summed E-state index contributed by atoms with van der Waals surface area (Å²) in [6.45, 7) is 9.67. The largest absolute Gasteiger partial charge is 0.347 e. The molecule has 1 aromatic rings. The fourth-order valence-corrected chi connectivity index (χ4v) is 6.19. The minimum atomic E-state index is -3.80. The molecule has 1 aliphatic heterocycles. The smallest absolute Gasteiger partial charge is 0.296 e. The lowest BCUT2D eigenvalue weighted by atomic mass is 9.80. The molecule has 5 nitrogen and oxygen atoms in total. The summed E-state index contributed by atoms with van der Waals surface area (Å²) in [5.74, 6) is 0.150. The average molecular weight is 381 g/mol. The van der Waals surface area contributed by atoms with Crippen LogP contribution in [0.4, 0.5) is 0 Å². The number of aryl methyl sites for hydroxylation is 1. The summed E-state index contributed by atoms with van der Waals surface area (Å²) in [5.41, 5.74) is 0.722. The summed E-state index contributed by atoms with van der Waals surface area (Å²) in [5, 5.41) is 0. The summed E-state index contributed by atoms with van der Waals surface area (Å²) in [4.78, 5) is 0.193. The topological polar surface area (TPSA) is 61.8 Å². The highest BCUT2D eigenvalue weighted by atomic mass is 32.2. The van der Waals surface area contributed by atoms with E-state index in [0.29, 0.717) is 25.0 Å². The number of hydrogen-bond donors (Lipinski definition) is 0. The lowest BCUT2D eigenvalue weighted by Crippen LogP contribution is -2.49. The van der Waals surface area contributed by atoms with E-state index in [1.54, 1.807) is 24.3 Å². The Bertz CT molecular complexity index is 794. The first-order valence-corrected chi connectivity index (χ1v) is 10.8. The molecule has 0 radical (unpaired) electrons. The molecule has 0 bridgehead atoms. The summed E-state index contributed by atoms with van der Waals surface area (Å²) in [6.07, 6.45) is 1.91. The van der Waals surface area contributed by atoms with Gasteiger partial charge in [0, 0.05) is 11.8 Å². The van der Waals surface area contributed by atoms with Crippen LogP contribution in [-0.4, -0.2) is 34.0 Å². The molecule has 2 aliphatic carbocycles. The SMILES string of the molecule is Cc1ccc(S(=O)(=O)OC[C@]2(C)[C@@H]3C[C@@]3(C(C)C)CC23OCCO3)cc1. The molecule has 26 heavy (non-hydrogen) atoms. The second-order valence-electron chi connectivity index (χ2n) is 8.72. The van der Waals surface area contributed by atoms with Crippen molar-refractivity contribution in [1.29, 1.82) is 0 Å². The maximum absolute atomic E-state index is 12.7. The third-order valence-electron chi connectivity index (χ3n) is 7.05. The van der Waals surface area contributed by atoms with Crippen LogP contribution in [0.3, 0.4) is 0 Å². The Morgan fingerprint density at radius 1 is 1.19 bits per heavy atom. The van der Waals surface area contributed by atoms with Gasteiger partial charge in [0.25, 0.3) is 10.1 Å². The number of fused-ring (bicyclic) bond motifs is 1. The molecule has 6 heteroatoms. The Balaban J connectivity index is 1.59. The lowest BCUT2D eigenvalue weighted by molar-refractivity contribution is -0.236. The zero-order valence-corrected chi connectivity index (χ0v) is 16.8. The van der Waals surface area contributed by atoms with Crippen LogP contribution in [0.2, 0.25) is 0 Å². The van der Waals surface area contributed by atoms with Gasteiger partial charge in [-0.3, -0.25) is 4.18 Å². The van der Waals surface area contributed by atoms with Gasteiger partial charge in [-0.1, -0.05) is 38.5 Å². The van der Waals surface area contributed by atoms with E-state index in [2.05, 4.69) is 20.8 Å². The van der Waals surface area contributed by atoms with Gasteiger partial charge in [-0.2, -0.15) is 8.42 Å². The van der Waals surface area contributed by atoms with Crippen molar-refractivity contribution in [1.82, 2.24) is 0 Å². The molecule has 144 valence electrons. The van der Waals surface area contributed by atoms with Gasteiger partial charge in [0.15, 0.2) is 5.79 Å². The third-order valence-corrected chi connectivity index (χ3v) is 8.32. The number of hydrogen-bond acceptors (Lipinski definition) is 5. The van der Waals surface area contributed by atoms with Gasteiger partial charge in [-0.05, 0) is 42.7 Å². The molecular formula is C20H28O5S. The van der Waals surface area contributed by atoms with Crippen LogP contribution < -0.4 is 0 Å². The van der Waals surface area contributed by atoms with Gasteiger partial charge in [0.1, 0.15) is 0 Å². The van der Waals surface area contributed by atoms with E-state index < -0.39 is 21.3 Å². The minimum Gasteiger partial charge on any atom is -0.347 e. The van der Waals surface area contributed by atoms with Crippen LogP contribution in [0.25, 0.3) is 0 Å². The summed E-state index contributed by atoms with van der Waals surface area (Å²) < 4.78 is 43.1. The molecule has 2 saturated carbocycles. The Morgan fingerprint density at radius 3 is 2.38 bits per heavy atom. The van der Waals surface area contributed by atoms with Crippen LogP contribution >= 0.6 is 0 Å². The summed E-state index contributed by atoms with van der Waals surface area (Å²) >= 11 is 0. The molecule has 0 amide bonds. The second kappa shape index (κ2) is 5.77. The maximum atomic E-state index is 12.7. The molecule has 1 saturated heterocycles. The van der Waals surface area contributed by atoms with Crippen molar-refractivity contribution in [3.05, 3.63) is 29.8 Å². The lowest BCUT2D eigenvalue weighted by Gasteiger charge is -2.41. The quantitative estimate of drug-likeness (QED) is 0.732. The van der Waals surface area contributed by atoms with Crippen LogP contribution in [-0.2, 0) is 23.8 Å². The zero-order valence-electron chi connectivity index (χ0n) is 15.9. The molecule has 1 aromatic carbocycles. The van der Waals surface area contributed by atoms with Gasteiger partial charge in [0.2, 0.25) is 0 Å². The Hall–Kier alpha value is -0.950. The Morgan fingerprint density at radius 2 is 1.81 bits per heavy atom. The first-order valence-electron chi connectivity index (χ1n) is 9.39. The van der Waals surface area contributed by atoms with Crippen molar-refractivity contribution < 1.29 is 22.1 Å². The Kier molecular flexibility index (Phi) is 4.09. The molecule has 0 N–H and O–H groups in total. The standard InChI is InChI=1S/C20H28O5S/c1-14(2)19-11-17(19)18(4,20(12-19)23-9-10-24-20)13-25-26(21,22)16-7-5-15(3)6-8-16/h5-8,14,17H,9-13H2,1-4H3/t17-,18+,19-/m0/s1. The van der Waals surface area contributed by atoms with Crippen molar-refractivity contribution in [3.8, 4) is 0 Å². The van der Waals surface area contributed by atoms with Crippen molar-refractivity contribution in [2.75, 3.05) is 19.8 Å². The minimum absolute atomic E-state index is 0.0857. The highest BCUT2D eigenvalue weighted by Crippen LogP contribution is 2.78. The van der Waals surface area contributed by atoms with Crippen LogP contribution in [0.15, 0.2) is 29.2 Å². The first-order chi connectivity index (χ1) is 12.2. The molecule has 3 aliphatic rings. The van der Waals surface area contributed by atoms with Crippen molar-refractivity contribution >= 4 is 10.1 Å². The molecule has 3 fully saturated rings.